The molecule has 1 aliphatic heterocycles. The minimum Gasteiger partial charge on any atom is -0.465 e. The van der Waals surface area contributed by atoms with Crippen LogP contribution in [0.2, 0.25) is 0 Å². The van der Waals surface area contributed by atoms with Crippen LogP contribution in [0, 0.1) is 0 Å². The third kappa shape index (κ3) is 3.80. The molecule has 0 radical (unpaired) electrons. The van der Waals surface area contributed by atoms with Crippen molar-refractivity contribution in [1.82, 2.24) is 0 Å². The number of esters is 1. The first-order valence-corrected chi connectivity index (χ1v) is 8.70. The summed E-state index contributed by atoms with van der Waals surface area (Å²) >= 11 is 0. The fourth-order valence-electron chi connectivity index (χ4n) is 2.98. The highest BCUT2D eigenvalue weighted by molar-refractivity contribution is 5.89. The Morgan fingerprint density at radius 1 is 1.00 bits per heavy atom. The standard InChI is InChI=1S/C21H19NO5/c1-24-21(23)16-5-3-15(4-6-16)18-9-7-17(27-18)12-22-11-14-2-8-19-20(10-14)26-13-25-19/h2-10,22H,11-13H2,1H3/p+1. The lowest BCUT2D eigenvalue weighted by Gasteiger charge is -2.03. The van der Waals surface area contributed by atoms with Crippen molar-refractivity contribution in [3.8, 4) is 22.8 Å². The van der Waals surface area contributed by atoms with Crippen molar-refractivity contribution in [1.29, 1.82) is 0 Å². The van der Waals surface area contributed by atoms with Crippen molar-refractivity contribution in [2.75, 3.05) is 13.9 Å². The van der Waals surface area contributed by atoms with Gasteiger partial charge in [-0.3, -0.25) is 0 Å². The molecule has 0 saturated heterocycles. The van der Waals surface area contributed by atoms with Gasteiger partial charge in [0.25, 0.3) is 0 Å². The molecule has 0 atom stereocenters. The molecule has 0 spiro atoms. The number of carbonyl (C=O) groups is 1. The van der Waals surface area contributed by atoms with Crippen molar-refractivity contribution in [2.45, 2.75) is 13.1 Å². The molecule has 0 amide bonds. The zero-order valence-corrected chi connectivity index (χ0v) is 14.9. The minimum absolute atomic E-state index is 0.290. The molecule has 6 heteroatoms. The van der Waals surface area contributed by atoms with Gasteiger partial charge >= 0.3 is 5.97 Å². The molecular formula is C21H20NO5+. The number of rotatable bonds is 6. The van der Waals surface area contributed by atoms with Gasteiger partial charge < -0.3 is 23.9 Å². The molecular weight excluding hydrogens is 346 g/mol. The molecule has 0 bridgehead atoms. The highest BCUT2D eigenvalue weighted by Crippen LogP contribution is 2.32. The van der Waals surface area contributed by atoms with Gasteiger partial charge in [-0.2, -0.15) is 0 Å². The smallest absolute Gasteiger partial charge is 0.337 e. The lowest BCUT2D eigenvalue weighted by atomic mass is 10.1. The second-order valence-corrected chi connectivity index (χ2v) is 6.22. The zero-order valence-electron chi connectivity index (χ0n) is 14.9. The molecule has 1 aliphatic rings. The van der Waals surface area contributed by atoms with Crippen molar-refractivity contribution in [3.05, 3.63) is 71.5 Å². The van der Waals surface area contributed by atoms with E-state index in [2.05, 4.69) is 5.32 Å². The summed E-state index contributed by atoms with van der Waals surface area (Å²) in [6.07, 6.45) is 0. The SMILES string of the molecule is COC(=O)c1ccc(-c2ccc(C[NH2+]Cc3ccc4c(c3)OCO4)o2)cc1. The topological polar surface area (TPSA) is 74.5 Å². The molecule has 0 fully saturated rings. The Morgan fingerprint density at radius 2 is 1.81 bits per heavy atom. The van der Waals surface area contributed by atoms with E-state index in [0.717, 1.165) is 41.7 Å². The Bertz CT molecular complexity index is 945. The molecule has 0 aliphatic carbocycles. The molecule has 138 valence electrons. The summed E-state index contributed by atoms with van der Waals surface area (Å²) in [4.78, 5) is 11.5. The van der Waals surface area contributed by atoms with Crippen LogP contribution in [0.1, 0.15) is 21.7 Å². The number of quaternary nitrogens is 1. The lowest BCUT2D eigenvalue weighted by molar-refractivity contribution is -0.687. The monoisotopic (exact) mass is 366 g/mol. The Balaban J connectivity index is 1.35. The summed E-state index contributed by atoms with van der Waals surface area (Å²) in [5.41, 5.74) is 2.61. The van der Waals surface area contributed by atoms with E-state index >= 15 is 0 Å². The van der Waals surface area contributed by atoms with Crippen molar-refractivity contribution < 1.29 is 28.7 Å². The van der Waals surface area contributed by atoms with E-state index in [9.17, 15) is 4.79 Å². The Morgan fingerprint density at radius 3 is 2.63 bits per heavy atom. The van der Waals surface area contributed by atoms with Gasteiger partial charge in [-0.05, 0) is 42.5 Å². The van der Waals surface area contributed by atoms with Crippen LogP contribution in [0.5, 0.6) is 11.5 Å². The minimum atomic E-state index is -0.347. The van der Waals surface area contributed by atoms with Gasteiger partial charge in [0, 0.05) is 11.1 Å². The van der Waals surface area contributed by atoms with Crippen LogP contribution in [0.15, 0.2) is 59.0 Å². The van der Waals surface area contributed by atoms with Gasteiger partial charge in [0.15, 0.2) is 17.3 Å². The van der Waals surface area contributed by atoms with E-state index in [4.69, 9.17) is 18.6 Å². The fraction of sp³-hybridized carbons (Fsp3) is 0.190. The Kier molecular flexibility index (Phi) is 4.80. The first kappa shape index (κ1) is 17.2. The second-order valence-electron chi connectivity index (χ2n) is 6.22. The number of hydrogen-bond acceptors (Lipinski definition) is 5. The maximum Gasteiger partial charge on any atom is 0.337 e. The summed E-state index contributed by atoms with van der Waals surface area (Å²) in [6, 6.07) is 17.1. The maximum absolute atomic E-state index is 11.5. The predicted molar refractivity (Wildman–Crippen MR) is 97.4 cm³/mol. The molecule has 2 aromatic carbocycles. The normalized spacial score (nSPS) is 12.2. The first-order valence-electron chi connectivity index (χ1n) is 8.70. The molecule has 0 unspecified atom stereocenters. The van der Waals surface area contributed by atoms with Crippen molar-refractivity contribution >= 4 is 5.97 Å². The quantitative estimate of drug-likeness (QED) is 0.679. The number of hydrogen-bond donors (Lipinski definition) is 1. The Hall–Kier alpha value is -3.25. The van der Waals surface area contributed by atoms with Crippen LogP contribution < -0.4 is 14.8 Å². The summed E-state index contributed by atoms with van der Waals surface area (Å²) in [5.74, 6) is 2.92. The lowest BCUT2D eigenvalue weighted by Crippen LogP contribution is -2.80. The van der Waals surface area contributed by atoms with E-state index in [1.54, 1.807) is 12.1 Å². The van der Waals surface area contributed by atoms with E-state index in [-0.39, 0.29) is 12.8 Å². The molecule has 2 N–H and O–H groups in total. The number of carbonyl (C=O) groups excluding carboxylic acids is 1. The van der Waals surface area contributed by atoms with Gasteiger partial charge in [-0.1, -0.05) is 12.1 Å². The number of benzene rings is 2. The highest BCUT2D eigenvalue weighted by Gasteiger charge is 2.14. The van der Waals surface area contributed by atoms with E-state index < -0.39 is 0 Å². The van der Waals surface area contributed by atoms with Gasteiger partial charge in [0.2, 0.25) is 6.79 Å². The molecule has 0 saturated carbocycles. The second kappa shape index (κ2) is 7.55. The van der Waals surface area contributed by atoms with Crippen LogP contribution >= 0.6 is 0 Å². The van der Waals surface area contributed by atoms with E-state index in [0.29, 0.717) is 5.56 Å². The fourth-order valence-corrected chi connectivity index (χ4v) is 2.98. The molecule has 27 heavy (non-hydrogen) atoms. The number of furan rings is 1. The van der Waals surface area contributed by atoms with Crippen LogP contribution in [0.25, 0.3) is 11.3 Å². The average Bonchev–Trinajstić information content (AvgIpc) is 3.36. The van der Waals surface area contributed by atoms with Gasteiger partial charge in [0.05, 0.1) is 12.7 Å². The molecule has 3 aromatic rings. The third-order valence-electron chi connectivity index (χ3n) is 4.41. The van der Waals surface area contributed by atoms with Crippen molar-refractivity contribution in [3.63, 3.8) is 0 Å². The molecule has 1 aromatic heterocycles. The number of methoxy groups -OCH3 is 1. The Labute approximate surface area is 156 Å². The third-order valence-corrected chi connectivity index (χ3v) is 4.41. The number of ether oxygens (including phenoxy) is 3. The average molecular weight is 366 g/mol. The van der Waals surface area contributed by atoms with Crippen molar-refractivity contribution in [2.24, 2.45) is 0 Å². The number of nitrogens with two attached hydrogens (primary N) is 1. The van der Waals surface area contributed by atoms with Crippen LogP contribution in [0.4, 0.5) is 0 Å². The predicted octanol–water partition coefficient (Wildman–Crippen LogP) is 2.73. The van der Waals surface area contributed by atoms with Gasteiger partial charge in [0.1, 0.15) is 18.8 Å². The van der Waals surface area contributed by atoms with Gasteiger partial charge in [-0.25, -0.2) is 4.79 Å². The maximum atomic E-state index is 11.5. The molecule has 4 rings (SSSR count). The number of fused-ring (bicyclic) bond motifs is 1. The summed E-state index contributed by atoms with van der Waals surface area (Å²) in [5, 5.41) is 2.17. The van der Waals surface area contributed by atoms with E-state index in [1.807, 2.05) is 42.5 Å². The van der Waals surface area contributed by atoms with Gasteiger partial charge in [-0.15, -0.1) is 0 Å². The largest absolute Gasteiger partial charge is 0.465 e. The summed E-state index contributed by atoms with van der Waals surface area (Å²) in [7, 11) is 1.37. The van der Waals surface area contributed by atoms with Crippen LogP contribution in [-0.2, 0) is 17.8 Å². The van der Waals surface area contributed by atoms with Crippen LogP contribution in [-0.4, -0.2) is 19.9 Å². The molecule has 6 nitrogen and oxygen atoms in total. The van der Waals surface area contributed by atoms with E-state index in [1.165, 1.54) is 12.7 Å². The highest BCUT2D eigenvalue weighted by atomic mass is 16.7. The zero-order chi connectivity index (χ0) is 18.6. The first-order chi connectivity index (χ1) is 13.2. The molecule has 2 heterocycles. The summed E-state index contributed by atoms with van der Waals surface area (Å²) in [6.45, 7) is 1.84. The summed E-state index contributed by atoms with van der Waals surface area (Å²) < 4.78 is 21.4. The van der Waals surface area contributed by atoms with Crippen LogP contribution in [0.3, 0.4) is 0 Å².